The zero-order chi connectivity index (χ0) is 14.4. The van der Waals surface area contributed by atoms with Gasteiger partial charge >= 0.3 is 0 Å². The van der Waals surface area contributed by atoms with Crippen molar-refractivity contribution in [1.29, 1.82) is 0 Å². The van der Waals surface area contributed by atoms with Gasteiger partial charge in [-0.05, 0) is 24.3 Å². The Morgan fingerprint density at radius 2 is 1.90 bits per heavy atom. The van der Waals surface area contributed by atoms with Crippen LogP contribution >= 0.6 is 23.2 Å². The molecule has 0 saturated carbocycles. The Kier molecular flexibility index (Phi) is 5.21. The molecule has 1 amide bonds. The lowest BCUT2D eigenvalue weighted by Gasteiger charge is -2.08. The van der Waals surface area contributed by atoms with E-state index < -0.39 is 0 Å². The number of pyridine rings is 1. The highest BCUT2D eigenvalue weighted by molar-refractivity contribution is 6.34. The SMILES string of the molecule is O=C(NCCOc1ccccc1)c1nc(Cl)ccc1Cl. The Morgan fingerprint density at radius 1 is 1.15 bits per heavy atom. The number of aromatic nitrogens is 1. The molecule has 0 aliphatic carbocycles. The molecule has 6 heteroatoms. The van der Waals surface area contributed by atoms with Gasteiger partial charge in [-0.15, -0.1) is 0 Å². The molecule has 0 radical (unpaired) electrons. The molecule has 2 aromatic rings. The van der Waals surface area contributed by atoms with Crippen molar-refractivity contribution in [2.24, 2.45) is 0 Å². The molecular weight excluding hydrogens is 299 g/mol. The zero-order valence-corrected chi connectivity index (χ0v) is 12.0. The molecule has 0 aliphatic heterocycles. The Hall–Kier alpha value is -1.78. The molecule has 1 aromatic heterocycles. The molecule has 0 atom stereocenters. The lowest BCUT2D eigenvalue weighted by Crippen LogP contribution is -2.29. The summed E-state index contributed by atoms with van der Waals surface area (Å²) in [6.07, 6.45) is 0. The fraction of sp³-hybridized carbons (Fsp3) is 0.143. The molecule has 4 nitrogen and oxygen atoms in total. The number of benzene rings is 1. The van der Waals surface area contributed by atoms with E-state index in [0.29, 0.717) is 13.2 Å². The van der Waals surface area contributed by atoms with Gasteiger partial charge in [0.25, 0.3) is 5.91 Å². The fourth-order valence-corrected chi connectivity index (χ4v) is 1.85. The van der Waals surface area contributed by atoms with E-state index in [2.05, 4.69) is 10.3 Å². The minimum atomic E-state index is -0.380. The third-order valence-electron chi connectivity index (χ3n) is 2.43. The summed E-state index contributed by atoms with van der Waals surface area (Å²) in [4.78, 5) is 15.7. The summed E-state index contributed by atoms with van der Waals surface area (Å²) in [7, 11) is 0. The van der Waals surface area contributed by atoms with Crippen LogP contribution in [0.2, 0.25) is 10.2 Å². The van der Waals surface area contributed by atoms with Crippen molar-refractivity contribution in [3.05, 3.63) is 58.3 Å². The lowest BCUT2D eigenvalue weighted by molar-refractivity contribution is 0.0942. The van der Waals surface area contributed by atoms with Crippen LogP contribution in [-0.2, 0) is 0 Å². The predicted octanol–water partition coefficient (Wildman–Crippen LogP) is 3.20. The number of hydrogen-bond donors (Lipinski definition) is 1. The summed E-state index contributed by atoms with van der Waals surface area (Å²) >= 11 is 11.6. The Labute approximate surface area is 126 Å². The Balaban J connectivity index is 1.82. The molecule has 0 saturated heterocycles. The normalized spacial score (nSPS) is 10.1. The van der Waals surface area contributed by atoms with Gasteiger partial charge in [-0.25, -0.2) is 4.98 Å². The standard InChI is InChI=1S/C14H12Cl2N2O2/c15-11-6-7-12(16)18-13(11)14(19)17-8-9-20-10-4-2-1-3-5-10/h1-7H,8-9H2,(H,17,19). The van der Waals surface area contributed by atoms with Crippen LogP contribution in [0.5, 0.6) is 5.75 Å². The van der Waals surface area contributed by atoms with Crippen molar-refractivity contribution in [1.82, 2.24) is 10.3 Å². The van der Waals surface area contributed by atoms with Crippen molar-refractivity contribution < 1.29 is 9.53 Å². The van der Waals surface area contributed by atoms with Crippen LogP contribution in [0, 0.1) is 0 Å². The molecule has 0 spiro atoms. The monoisotopic (exact) mass is 310 g/mol. The summed E-state index contributed by atoms with van der Waals surface area (Å²) < 4.78 is 5.45. The van der Waals surface area contributed by atoms with Gasteiger partial charge in [0.05, 0.1) is 11.6 Å². The average molecular weight is 311 g/mol. The van der Waals surface area contributed by atoms with Gasteiger partial charge in [0.2, 0.25) is 0 Å². The first-order valence-corrected chi connectivity index (χ1v) is 6.70. The van der Waals surface area contributed by atoms with Crippen LogP contribution in [-0.4, -0.2) is 24.0 Å². The molecule has 2 rings (SSSR count). The number of ether oxygens (including phenoxy) is 1. The van der Waals surface area contributed by atoms with Gasteiger partial charge in [0.15, 0.2) is 0 Å². The molecular formula is C14H12Cl2N2O2. The molecule has 0 aliphatic rings. The summed E-state index contributed by atoms with van der Waals surface area (Å²) in [6.45, 7) is 0.701. The number of nitrogens with one attached hydrogen (secondary N) is 1. The largest absolute Gasteiger partial charge is 0.492 e. The maximum absolute atomic E-state index is 11.9. The molecule has 20 heavy (non-hydrogen) atoms. The number of hydrogen-bond acceptors (Lipinski definition) is 3. The van der Waals surface area contributed by atoms with Crippen molar-refractivity contribution in [3.63, 3.8) is 0 Å². The third kappa shape index (κ3) is 4.11. The number of carbonyl (C=O) groups is 1. The van der Waals surface area contributed by atoms with Crippen LogP contribution in [0.15, 0.2) is 42.5 Å². The van der Waals surface area contributed by atoms with Gasteiger partial charge < -0.3 is 10.1 Å². The van der Waals surface area contributed by atoms with E-state index in [9.17, 15) is 4.79 Å². The van der Waals surface area contributed by atoms with Crippen molar-refractivity contribution in [2.75, 3.05) is 13.2 Å². The smallest absolute Gasteiger partial charge is 0.271 e. The number of para-hydroxylation sites is 1. The second kappa shape index (κ2) is 7.12. The van der Waals surface area contributed by atoms with Crippen LogP contribution in [0.3, 0.4) is 0 Å². The van der Waals surface area contributed by atoms with Gasteiger partial charge in [0.1, 0.15) is 23.2 Å². The van der Waals surface area contributed by atoms with E-state index in [1.165, 1.54) is 12.1 Å². The summed E-state index contributed by atoms with van der Waals surface area (Å²) in [5.74, 6) is 0.370. The predicted molar refractivity (Wildman–Crippen MR) is 78.5 cm³/mol. The first kappa shape index (κ1) is 14.6. The van der Waals surface area contributed by atoms with Gasteiger partial charge in [-0.2, -0.15) is 0 Å². The van der Waals surface area contributed by atoms with E-state index in [1.807, 2.05) is 30.3 Å². The second-order valence-electron chi connectivity index (χ2n) is 3.88. The molecule has 0 unspecified atom stereocenters. The van der Waals surface area contributed by atoms with Gasteiger partial charge in [-0.1, -0.05) is 41.4 Å². The van der Waals surface area contributed by atoms with Crippen LogP contribution in [0.1, 0.15) is 10.5 Å². The first-order valence-electron chi connectivity index (χ1n) is 5.95. The van der Waals surface area contributed by atoms with Crippen molar-refractivity contribution in [3.8, 4) is 5.75 Å². The van der Waals surface area contributed by atoms with Crippen molar-refractivity contribution in [2.45, 2.75) is 0 Å². The average Bonchev–Trinajstić information content (AvgIpc) is 2.47. The second-order valence-corrected chi connectivity index (χ2v) is 4.68. The topological polar surface area (TPSA) is 51.2 Å². The number of rotatable bonds is 5. The molecule has 1 heterocycles. The number of halogens is 2. The van der Waals surface area contributed by atoms with E-state index in [1.54, 1.807) is 0 Å². The number of nitrogens with zero attached hydrogens (tertiary/aromatic N) is 1. The van der Waals surface area contributed by atoms with Crippen LogP contribution in [0.25, 0.3) is 0 Å². The lowest BCUT2D eigenvalue weighted by atomic mass is 10.3. The zero-order valence-electron chi connectivity index (χ0n) is 10.5. The highest BCUT2D eigenvalue weighted by atomic mass is 35.5. The van der Waals surface area contributed by atoms with E-state index in [4.69, 9.17) is 27.9 Å². The van der Waals surface area contributed by atoms with Crippen LogP contribution in [0.4, 0.5) is 0 Å². The van der Waals surface area contributed by atoms with Crippen molar-refractivity contribution >= 4 is 29.1 Å². The Bertz CT molecular complexity index is 591. The third-order valence-corrected chi connectivity index (χ3v) is 2.94. The van der Waals surface area contributed by atoms with E-state index in [0.717, 1.165) is 5.75 Å². The maximum atomic E-state index is 11.9. The first-order chi connectivity index (χ1) is 9.66. The van der Waals surface area contributed by atoms with Gasteiger partial charge in [-0.3, -0.25) is 4.79 Å². The molecule has 1 aromatic carbocycles. The number of amides is 1. The molecule has 1 N–H and O–H groups in total. The highest BCUT2D eigenvalue weighted by Gasteiger charge is 2.12. The number of carbonyl (C=O) groups excluding carboxylic acids is 1. The molecule has 0 fully saturated rings. The summed E-state index contributed by atoms with van der Waals surface area (Å²) in [6, 6.07) is 12.4. The molecule has 104 valence electrons. The molecule has 0 bridgehead atoms. The van der Waals surface area contributed by atoms with Gasteiger partial charge in [0, 0.05) is 0 Å². The quantitative estimate of drug-likeness (QED) is 0.681. The van der Waals surface area contributed by atoms with E-state index in [-0.39, 0.29) is 21.8 Å². The summed E-state index contributed by atoms with van der Waals surface area (Å²) in [5.41, 5.74) is 0.110. The highest BCUT2D eigenvalue weighted by Crippen LogP contribution is 2.16. The summed E-state index contributed by atoms with van der Waals surface area (Å²) in [5, 5.41) is 3.15. The fourth-order valence-electron chi connectivity index (χ4n) is 1.51. The van der Waals surface area contributed by atoms with Crippen LogP contribution < -0.4 is 10.1 Å². The minimum absolute atomic E-state index is 0.110. The van der Waals surface area contributed by atoms with E-state index >= 15 is 0 Å². The minimum Gasteiger partial charge on any atom is -0.492 e. The maximum Gasteiger partial charge on any atom is 0.271 e. The Morgan fingerprint density at radius 3 is 2.65 bits per heavy atom.